The van der Waals surface area contributed by atoms with Crippen molar-refractivity contribution in [1.82, 2.24) is 5.32 Å². The molecule has 1 aromatic carbocycles. The molecule has 0 spiro atoms. The molecule has 3 nitrogen and oxygen atoms in total. The average Bonchev–Trinajstić information content (AvgIpc) is 2.41. The van der Waals surface area contributed by atoms with Crippen molar-refractivity contribution in [1.29, 1.82) is 0 Å². The molecule has 1 N–H and O–H groups in total. The molecule has 0 unspecified atom stereocenters. The zero-order chi connectivity index (χ0) is 13.9. The lowest BCUT2D eigenvalue weighted by atomic mass is 10.2. The summed E-state index contributed by atoms with van der Waals surface area (Å²) in [4.78, 5) is 0. The Bertz CT molecular complexity index is 339. The first kappa shape index (κ1) is 16.0. The molecule has 0 aliphatic heterocycles. The summed E-state index contributed by atoms with van der Waals surface area (Å²) < 4.78 is 10.8. The van der Waals surface area contributed by atoms with Crippen molar-refractivity contribution in [3.63, 3.8) is 0 Å². The summed E-state index contributed by atoms with van der Waals surface area (Å²) >= 11 is 0. The molecule has 19 heavy (non-hydrogen) atoms. The quantitative estimate of drug-likeness (QED) is 0.659. The van der Waals surface area contributed by atoms with Crippen LogP contribution >= 0.6 is 0 Å². The van der Waals surface area contributed by atoms with E-state index in [0.717, 1.165) is 43.3 Å². The van der Waals surface area contributed by atoms with Crippen LogP contribution in [0.3, 0.4) is 0 Å². The third kappa shape index (κ3) is 7.85. The van der Waals surface area contributed by atoms with Crippen LogP contribution in [0.1, 0.15) is 32.3 Å². The number of unbranched alkanes of at least 4 members (excludes halogenated alkanes) is 1. The van der Waals surface area contributed by atoms with Crippen LogP contribution in [0.4, 0.5) is 0 Å². The van der Waals surface area contributed by atoms with Crippen LogP contribution in [0, 0.1) is 5.92 Å². The largest absolute Gasteiger partial charge is 0.497 e. The van der Waals surface area contributed by atoms with E-state index < -0.39 is 0 Å². The van der Waals surface area contributed by atoms with E-state index in [9.17, 15) is 0 Å². The van der Waals surface area contributed by atoms with Crippen LogP contribution in [-0.2, 0) is 11.3 Å². The van der Waals surface area contributed by atoms with E-state index in [1.807, 2.05) is 18.2 Å². The number of methoxy groups -OCH3 is 1. The van der Waals surface area contributed by atoms with E-state index in [4.69, 9.17) is 9.47 Å². The number of ether oxygens (including phenoxy) is 2. The fourth-order valence-electron chi connectivity index (χ4n) is 1.80. The zero-order valence-electron chi connectivity index (χ0n) is 12.4. The van der Waals surface area contributed by atoms with E-state index >= 15 is 0 Å². The fraction of sp³-hybridized carbons (Fsp3) is 0.625. The highest BCUT2D eigenvalue weighted by Crippen LogP contribution is 2.13. The smallest absolute Gasteiger partial charge is 0.119 e. The molecule has 3 heteroatoms. The normalized spacial score (nSPS) is 10.9. The molecule has 0 heterocycles. The van der Waals surface area contributed by atoms with Gasteiger partial charge in [0.1, 0.15) is 5.75 Å². The van der Waals surface area contributed by atoms with Gasteiger partial charge in [-0.05, 0) is 49.5 Å². The third-order valence-corrected chi connectivity index (χ3v) is 2.85. The highest BCUT2D eigenvalue weighted by molar-refractivity contribution is 5.27. The molecule has 0 amide bonds. The van der Waals surface area contributed by atoms with Gasteiger partial charge in [0, 0.05) is 6.61 Å². The van der Waals surface area contributed by atoms with Gasteiger partial charge < -0.3 is 14.8 Å². The van der Waals surface area contributed by atoms with E-state index in [1.165, 1.54) is 6.42 Å². The third-order valence-electron chi connectivity index (χ3n) is 2.85. The molecule has 1 rings (SSSR count). The summed E-state index contributed by atoms with van der Waals surface area (Å²) in [6.07, 6.45) is 2.28. The zero-order valence-corrected chi connectivity index (χ0v) is 12.4. The Morgan fingerprint density at radius 1 is 1.21 bits per heavy atom. The van der Waals surface area contributed by atoms with Gasteiger partial charge in [-0.1, -0.05) is 26.0 Å². The molecule has 0 radical (unpaired) electrons. The first-order chi connectivity index (χ1) is 9.22. The maximum absolute atomic E-state index is 5.66. The molecule has 0 atom stereocenters. The minimum Gasteiger partial charge on any atom is -0.497 e. The van der Waals surface area contributed by atoms with Crippen LogP contribution in [0.25, 0.3) is 0 Å². The molecule has 0 aliphatic carbocycles. The highest BCUT2D eigenvalue weighted by Gasteiger charge is 1.97. The minimum absolute atomic E-state index is 0.663. The Kier molecular flexibility index (Phi) is 8.26. The van der Waals surface area contributed by atoms with Gasteiger partial charge in [0.25, 0.3) is 0 Å². The second-order valence-electron chi connectivity index (χ2n) is 5.21. The Morgan fingerprint density at radius 2 is 2.05 bits per heavy atom. The standard InChI is InChI=1S/C16H27NO2/c1-14(2)12-17-9-4-5-10-19-13-15-7-6-8-16(11-15)18-3/h6-8,11,14,17H,4-5,9-10,12-13H2,1-3H3. The second kappa shape index (κ2) is 9.82. The highest BCUT2D eigenvalue weighted by atomic mass is 16.5. The van der Waals surface area contributed by atoms with E-state index in [2.05, 4.69) is 25.2 Å². The Morgan fingerprint density at radius 3 is 2.79 bits per heavy atom. The first-order valence-corrected chi connectivity index (χ1v) is 7.13. The topological polar surface area (TPSA) is 30.5 Å². The minimum atomic E-state index is 0.663. The number of rotatable bonds is 10. The van der Waals surface area contributed by atoms with Crippen LogP contribution in [0.5, 0.6) is 5.75 Å². The van der Waals surface area contributed by atoms with Crippen LogP contribution in [-0.4, -0.2) is 26.8 Å². The SMILES string of the molecule is COc1cccc(COCCCCNCC(C)C)c1. The van der Waals surface area contributed by atoms with Gasteiger partial charge in [-0.3, -0.25) is 0 Å². The molecular weight excluding hydrogens is 238 g/mol. The van der Waals surface area contributed by atoms with Crippen LogP contribution in [0.2, 0.25) is 0 Å². The lowest BCUT2D eigenvalue weighted by molar-refractivity contribution is 0.117. The van der Waals surface area contributed by atoms with Gasteiger partial charge in [-0.15, -0.1) is 0 Å². The van der Waals surface area contributed by atoms with Crippen molar-refractivity contribution in [2.75, 3.05) is 26.8 Å². The fourth-order valence-corrected chi connectivity index (χ4v) is 1.80. The summed E-state index contributed by atoms with van der Waals surface area (Å²) in [6.45, 7) is 8.12. The first-order valence-electron chi connectivity index (χ1n) is 7.13. The average molecular weight is 265 g/mol. The van der Waals surface area contributed by atoms with Crippen molar-refractivity contribution in [3.05, 3.63) is 29.8 Å². The summed E-state index contributed by atoms with van der Waals surface area (Å²) in [7, 11) is 1.68. The second-order valence-corrected chi connectivity index (χ2v) is 5.21. The van der Waals surface area contributed by atoms with Crippen molar-refractivity contribution >= 4 is 0 Å². The van der Waals surface area contributed by atoms with E-state index in [1.54, 1.807) is 7.11 Å². The molecule has 1 aromatic rings. The number of nitrogens with one attached hydrogen (secondary N) is 1. The van der Waals surface area contributed by atoms with E-state index in [0.29, 0.717) is 6.61 Å². The van der Waals surface area contributed by atoms with Crippen LogP contribution < -0.4 is 10.1 Å². The van der Waals surface area contributed by atoms with Crippen molar-refractivity contribution in [2.24, 2.45) is 5.92 Å². The Hall–Kier alpha value is -1.06. The lowest BCUT2D eigenvalue weighted by Crippen LogP contribution is -2.20. The van der Waals surface area contributed by atoms with E-state index in [-0.39, 0.29) is 0 Å². The summed E-state index contributed by atoms with van der Waals surface area (Å²) in [5.41, 5.74) is 1.16. The van der Waals surface area contributed by atoms with Gasteiger partial charge in [0.05, 0.1) is 13.7 Å². The molecule has 108 valence electrons. The van der Waals surface area contributed by atoms with Crippen molar-refractivity contribution in [2.45, 2.75) is 33.3 Å². The molecular formula is C16H27NO2. The van der Waals surface area contributed by atoms with Gasteiger partial charge in [-0.25, -0.2) is 0 Å². The number of benzene rings is 1. The Balaban J connectivity index is 2.01. The summed E-state index contributed by atoms with van der Waals surface area (Å²) in [5, 5.41) is 3.44. The maximum atomic E-state index is 5.66. The number of hydrogen-bond acceptors (Lipinski definition) is 3. The maximum Gasteiger partial charge on any atom is 0.119 e. The monoisotopic (exact) mass is 265 g/mol. The molecule has 0 bridgehead atoms. The van der Waals surface area contributed by atoms with Crippen molar-refractivity contribution in [3.8, 4) is 5.75 Å². The Labute approximate surface area is 117 Å². The molecule has 0 aliphatic rings. The lowest BCUT2D eigenvalue weighted by Gasteiger charge is -2.08. The van der Waals surface area contributed by atoms with Crippen molar-refractivity contribution < 1.29 is 9.47 Å². The van der Waals surface area contributed by atoms with Gasteiger partial charge in [0.15, 0.2) is 0 Å². The predicted octanol–water partition coefficient (Wildman–Crippen LogP) is 3.24. The van der Waals surface area contributed by atoms with Crippen LogP contribution in [0.15, 0.2) is 24.3 Å². The summed E-state index contributed by atoms with van der Waals surface area (Å²) in [6, 6.07) is 8.02. The van der Waals surface area contributed by atoms with Gasteiger partial charge in [-0.2, -0.15) is 0 Å². The molecule has 0 aromatic heterocycles. The molecule has 0 saturated carbocycles. The molecule has 0 saturated heterocycles. The van der Waals surface area contributed by atoms with Gasteiger partial charge in [0.2, 0.25) is 0 Å². The van der Waals surface area contributed by atoms with Gasteiger partial charge >= 0.3 is 0 Å². The molecule has 0 fully saturated rings. The predicted molar refractivity (Wildman–Crippen MR) is 79.6 cm³/mol. The number of hydrogen-bond donors (Lipinski definition) is 1. The summed E-state index contributed by atoms with van der Waals surface area (Å²) in [5.74, 6) is 1.61.